The van der Waals surface area contributed by atoms with Gasteiger partial charge in [0.25, 0.3) is 0 Å². The third kappa shape index (κ3) is 3.97. The number of rotatable bonds is 6. The first kappa shape index (κ1) is 15.4. The van der Waals surface area contributed by atoms with E-state index in [1.54, 1.807) is 0 Å². The predicted molar refractivity (Wildman–Crippen MR) is 83.2 cm³/mol. The minimum atomic E-state index is -0.217. The number of hydrogen-bond donors (Lipinski definition) is 2. The first-order valence-corrected chi connectivity index (χ1v) is 7.46. The highest BCUT2D eigenvalue weighted by Gasteiger charge is 2.27. The monoisotopic (exact) mass is 289 g/mol. The van der Waals surface area contributed by atoms with Crippen LogP contribution < -0.4 is 15.5 Å². The molecule has 2 N–H and O–H groups in total. The average Bonchev–Trinajstić information content (AvgIpc) is 2.91. The van der Waals surface area contributed by atoms with Gasteiger partial charge in [0.1, 0.15) is 0 Å². The summed E-state index contributed by atoms with van der Waals surface area (Å²) in [4.78, 5) is 25.3. The van der Waals surface area contributed by atoms with Gasteiger partial charge in [-0.15, -0.1) is 0 Å². The molecule has 2 rings (SSSR count). The molecule has 5 nitrogen and oxygen atoms in total. The quantitative estimate of drug-likeness (QED) is 0.823. The Bertz CT molecular complexity index is 516. The Hall–Kier alpha value is -2.04. The Labute approximate surface area is 125 Å². The Balaban J connectivity index is 1.82. The van der Waals surface area contributed by atoms with Gasteiger partial charge in [0, 0.05) is 38.3 Å². The minimum Gasteiger partial charge on any atom is -0.370 e. The van der Waals surface area contributed by atoms with E-state index in [2.05, 4.69) is 41.5 Å². The third-order valence-electron chi connectivity index (χ3n) is 3.87. The number of nitrogens with zero attached hydrogens (tertiary/aromatic N) is 1. The van der Waals surface area contributed by atoms with Gasteiger partial charge in [-0.3, -0.25) is 9.59 Å². The van der Waals surface area contributed by atoms with Crippen molar-refractivity contribution in [2.75, 3.05) is 31.1 Å². The summed E-state index contributed by atoms with van der Waals surface area (Å²) < 4.78 is 0. The molecule has 0 bridgehead atoms. The molecule has 21 heavy (non-hydrogen) atoms. The Morgan fingerprint density at radius 3 is 2.81 bits per heavy atom. The maximum atomic E-state index is 11.9. The minimum absolute atomic E-state index is 0.0332. The number of likely N-dealkylation sites (N-methyl/N-ethyl adjacent to an activating group) is 1. The van der Waals surface area contributed by atoms with Gasteiger partial charge in [-0.05, 0) is 25.5 Å². The first-order valence-electron chi connectivity index (χ1n) is 7.46. The van der Waals surface area contributed by atoms with Crippen LogP contribution in [0.5, 0.6) is 0 Å². The maximum Gasteiger partial charge on any atom is 0.225 e. The summed E-state index contributed by atoms with van der Waals surface area (Å²) in [6.45, 7) is 6.90. The normalized spacial score (nSPS) is 17.4. The van der Waals surface area contributed by atoms with Crippen molar-refractivity contribution < 1.29 is 9.59 Å². The topological polar surface area (TPSA) is 61.4 Å². The van der Waals surface area contributed by atoms with Crippen molar-refractivity contribution in [3.05, 3.63) is 29.8 Å². The van der Waals surface area contributed by atoms with Crippen molar-refractivity contribution in [1.29, 1.82) is 0 Å². The van der Waals surface area contributed by atoms with Gasteiger partial charge in [0.05, 0.1) is 5.92 Å². The third-order valence-corrected chi connectivity index (χ3v) is 3.87. The molecule has 0 saturated carbocycles. The standard InChI is InChI=1S/C16H23N3O2/c1-3-19(14-7-5-4-6-12(14)2)9-8-17-16(21)13-10-15(20)18-11-13/h4-7,13H,3,8-11H2,1-2H3,(H,17,21)(H,18,20). The molecule has 0 aromatic heterocycles. The van der Waals surface area contributed by atoms with E-state index in [0.29, 0.717) is 19.5 Å². The fraction of sp³-hybridized carbons (Fsp3) is 0.500. The SMILES string of the molecule is CCN(CCNC(=O)C1CNC(=O)C1)c1ccccc1C. The fourth-order valence-electron chi connectivity index (χ4n) is 2.62. The zero-order valence-electron chi connectivity index (χ0n) is 12.7. The number of nitrogens with one attached hydrogen (secondary N) is 2. The zero-order valence-corrected chi connectivity index (χ0v) is 12.7. The number of aryl methyl sites for hydroxylation is 1. The van der Waals surface area contributed by atoms with Crippen molar-refractivity contribution >= 4 is 17.5 Å². The van der Waals surface area contributed by atoms with E-state index in [1.807, 2.05) is 12.1 Å². The van der Waals surface area contributed by atoms with Crippen molar-refractivity contribution in [3.8, 4) is 0 Å². The molecule has 0 aliphatic carbocycles. The highest BCUT2D eigenvalue weighted by Crippen LogP contribution is 2.18. The summed E-state index contributed by atoms with van der Waals surface area (Å²) in [6, 6.07) is 8.24. The lowest BCUT2D eigenvalue weighted by molar-refractivity contribution is -0.126. The lowest BCUT2D eigenvalue weighted by atomic mass is 10.1. The van der Waals surface area contributed by atoms with E-state index in [-0.39, 0.29) is 17.7 Å². The van der Waals surface area contributed by atoms with Gasteiger partial charge in [-0.25, -0.2) is 0 Å². The summed E-state index contributed by atoms with van der Waals surface area (Å²) in [5.41, 5.74) is 2.43. The Morgan fingerprint density at radius 1 is 1.43 bits per heavy atom. The van der Waals surface area contributed by atoms with Crippen LogP contribution in [0.3, 0.4) is 0 Å². The highest BCUT2D eigenvalue weighted by atomic mass is 16.2. The number of hydrogen-bond acceptors (Lipinski definition) is 3. The maximum absolute atomic E-state index is 11.9. The molecule has 1 aliphatic heterocycles. The van der Waals surface area contributed by atoms with Crippen molar-refractivity contribution in [3.63, 3.8) is 0 Å². The van der Waals surface area contributed by atoms with E-state index >= 15 is 0 Å². The smallest absolute Gasteiger partial charge is 0.225 e. The number of carbonyl (C=O) groups excluding carboxylic acids is 2. The first-order chi connectivity index (χ1) is 10.1. The molecular weight excluding hydrogens is 266 g/mol. The van der Waals surface area contributed by atoms with Crippen LogP contribution in [-0.4, -0.2) is 38.0 Å². The summed E-state index contributed by atoms with van der Waals surface area (Å²) in [7, 11) is 0. The van der Waals surface area contributed by atoms with Gasteiger partial charge in [0.2, 0.25) is 11.8 Å². The molecule has 1 fully saturated rings. The Morgan fingerprint density at radius 2 is 2.19 bits per heavy atom. The number of benzene rings is 1. The van der Waals surface area contributed by atoms with Crippen LogP contribution in [0.25, 0.3) is 0 Å². The van der Waals surface area contributed by atoms with Crippen LogP contribution in [0.15, 0.2) is 24.3 Å². The second-order valence-corrected chi connectivity index (χ2v) is 5.36. The van der Waals surface area contributed by atoms with Crippen LogP contribution in [0.1, 0.15) is 18.9 Å². The second-order valence-electron chi connectivity index (χ2n) is 5.36. The number of carbonyl (C=O) groups is 2. The highest BCUT2D eigenvalue weighted by molar-refractivity contribution is 5.89. The van der Waals surface area contributed by atoms with Crippen LogP contribution >= 0.6 is 0 Å². The van der Waals surface area contributed by atoms with Gasteiger partial charge < -0.3 is 15.5 Å². The van der Waals surface area contributed by atoms with Crippen LogP contribution in [0, 0.1) is 12.8 Å². The zero-order chi connectivity index (χ0) is 15.2. The largest absolute Gasteiger partial charge is 0.370 e. The molecule has 0 radical (unpaired) electrons. The van der Waals surface area contributed by atoms with Crippen molar-refractivity contribution in [2.24, 2.45) is 5.92 Å². The van der Waals surface area contributed by atoms with Crippen molar-refractivity contribution in [1.82, 2.24) is 10.6 Å². The van der Waals surface area contributed by atoms with Gasteiger partial charge in [-0.1, -0.05) is 18.2 Å². The lowest BCUT2D eigenvalue weighted by Gasteiger charge is -2.25. The molecule has 2 amide bonds. The van der Waals surface area contributed by atoms with Crippen LogP contribution in [-0.2, 0) is 9.59 Å². The van der Waals surface area contributed by atoms with E-state index in [9.17, 15) is 9.59 Å². The second kappa shape index (κ2) is 7.11. The molecule has 1 saturated heterocycles. The lowest BCUT2D eigenvalue weighted by Crippen LogP contribution is -2.38. The van der Waals surface area contributed by atoms with E-state index in [1.165, 1.54) is 11.3 Å². The summed E-state index contributed by atoms with van der Waals surface area (Å²) in [5.74, 6) is -0.287. The number of anilines is 1. The van der Waals surface area contributed by atoms with E-state index < -0.39 is 0 Å². The van der Waals surface area contributed by atoms with Crippen molar-refractivity contribution in [2.45, 2.75) is 20.3 Å². The molecule has 1 unspecified atom stereocenters. The molecule has 114 valence electrons. The predicted octanol–water partition coefficient (Wildman–Crippen LogP) is 1.07. The number of amides is 2. The molecule has 5 heteroatoms. The van der Waals surface area contributed by atoms with Crippen LogP contribution in [0.2, 0.25) is 0 Å². The van der Waals surface area contributed by atoms with Gasteiger partial charge in [0.15, 0.2) is 0 Å². The van der Waals surface area contributed by atoms with Crippen LogP contribution in [0.4, 0.5) is 5.69 Å². The molecule has 1 aliphatic rings. The summed E-state index contributed by atoms with van der Waals surface area (Å²) in [5, 5.41) is 5.61. The molecule has 1 atom stereocenters. The molecule has 1 heterocycles. The van der Waals surface area contributed by atoms with E-state index in [4.69, 9.17) is 0 Å². The average molecular weight is 289 g/mol. The van der Waals surface area contributed by atoms with E-state index in [0.717, 1.165) is 13.1 Å². The molecule has 1 aromatic rings. The summed E-state index contributed by atoms with van der Waals surface area (Å²) >= 11 is 0. The number of para-hydroxylation sites is 1. The molecule has 1 aromatic carbocycles. The van der Waals surface area contributed by atoms with Gasteiger partial charge >= 0.3 is 0 Å². The van der Waals surface area contributed by atoms with Gasteiger partial charge in [-0.2, -0.15) is 0 Å². The molecular formula is C16H23N3O2. The summed E-state index contributed by atoms with van der Waals surface area (Å²) in [6.07, 6.45) is 0.307. The fourth-order valence-corrected chi connectivity index (χ4v) is 2.62. The molecule has 0 spiro atoms. The Kier molecular flexibility index (Phi) is 5.20.